The Balaban J connectivity index is 1.86. The van der Waals surface area contributed by atoms with Crippen molar-refractivity contribution in [2.45, 2.75) is 44.6 Å². The molecule has 1 aromatic heterocycles. The predicted octanol–water partition coefficient (Wildman–Crippen LogP) is 2.22. The summed E-state index contributed by atoms with van der Waals surface area (Å²) < 4.78 is 0. The molecule has 0 bridgehead atoms. The maximum Gasteiger partial charge on any atom is 0.255 e. The van der Waals surface area contributed by atoms with Crippen molar-refractivity contribution in [1.29, 1.82) is 0 Å². The van der Waals surface area contributed by atoms with Gasteiger partial charge in [0.1, 0.15) is 0 Å². The molecule has 4 heteroatoms. The zero-order chi connectivity index (χ0) is 12.5. The number of likely N-dealkylation sites (tertiary alicyclic amines) is 1. The van der Waals surface area contributed by atoms with Gasteiger partial charge >= 0.3 is 0 Å². The molecule has 18 heavy (non-hydrogen) atoms. The molecule has 1 saturated heterocycles. The summed E-state index contributed by atoms with van der Waals surface area (Å²) >= 11 is 1.74. The number of rotatable bonds is 2. The minimum atomic E-state index is 0.0386. The van der Waals surface area contributed by atoms with Gasteiger partial charge in [0.15, 0.2) is 0 Å². The summed E-state index contributed by atoms with van der Waals surface area (Å²) in [6.07, 6.45) is 6.60. The molecule has 1 aliphatic carbocycles. The van der Waals surface area contributed by atoms with Crippen molar-refractivity contribution >= 4 is 17.2 Å². The van der Waals surface area contributed by atoms with Crippen molar-refractivity contribution in [3.8, 4) is 0 Å². The Morgan fingerprint density at radius 1 is 1.39 bits per heavy atom. The van der Waals surface area contributed by atoms with Crippen LogP contribution < -0.4 is 0 Å². The van der Waals surface area contributed by atoms with Crippen molar-refractivity contribution in [2.24, 2.45) is 0 Å². The van der Waals surface area contributed by atoms with Gasteiger partial charge < -0.3 is 10.0 Å². The number of hydrogen-bond acceptors (Lipinski definition) is 3. The number of amides is 1. The second-order valence-electron chi connectivity index (χ2n) is 5.24. The first-order valence-corrected chi connectivity index (χ1v) is 7.70. The number of nitrogens with zero attached hydrogens (tertiary/aromatic N) is 1. The van der Waals surface area contributed by atoms with Crippen LogP contribution in [0.25, 0.3) is 0 Å². The average molecular weight is 265 g/mol. The molecule has 3 rings (SSSR count). The van der Waals surface area contributed by atoms with Crippen LogP contribution in [0.4, 0.5) is 0 Å². The minimum absolute atomic E-state index is 0.0386. The van der Waals surface area contributed by atoms with Gasteiger partial charge in [-0.15, -0.1) is 11.3 Å². The Bertz CT molecular complexity index is 455. The molecule has 1 aliphatic heterocycles. The lowest BCUT2D eigenvalue weighted by atomic mass is 9.95. The highest BCUT2D eigenvalue weighted by Crippen LogP contribution is 2.32. The van der Waals surface area contributed by atoms with Gasteiger partial charge in [-0.1, -0.05) is 0 Å². The third-order valence-electron chi connectivity index (χ3n) is 4.14. The van der Waals surface area contributed by atoms with Crippen molar-refractivity contribution in [2.75, 3.05) is 13.2 Å². The Morgan fingerprint density at radius 2 is 2.22 bits per heavy atom. The lowest BCUT2D eigenvalue weighted by molar-refractivity contribution is 0.0677. The van der Waals surface area contributed by atoms with E-state index in [1.54, 1.807) is 11.3 Å². The summed E-state index contributed by atoms with van der Waals surface area (Å²) in [6, 6.07) is 0.0386. The number of aliphatic hydroxyl groups excluding tert-OH is 1. The van der Waals surface area contributed by atoms with E-state index in [0.717, 1.165) is 37.8 Å². The summed E-state index contributed by atoms with van der Waals surface area (Å²) in [6.45, 7) is 0.896. The van der Waals surface area contributed by atoms with Crippen molar-refractivity contribution in [3.05, 3.63) is 21.4 Å². The SMILES string of the molecule is O=C(c1csc2c1CCCC2)N1CCCC1CO. The predicted molar refractivity (Wildman–Crippen MR) is 72.1 cm³/mol. The zero-order valence-electron chi connectivity index (χ0n) is 10.5. The van der Waals surface area contributed by atoms with Crippen LogP contribution in [-0.4, -0.2) is 35.1 Å². The summed E-state index contributed by atoms with van der Waals surface area (Å²) in [7, 11) is 0. The monoisotopic (exact) mass is 265 g/mol. The lowest BCUT2D eigenvalue weighted by Gasteiger charge is -2.23. The van der Waals surface area contributed by atoms with Gasteiger partial charge in [-0.05, 0) is 44.1 Å². The van der Waals surface area contributed by atoms with Crippen LogP contribution >= 0.6 is 11.3 Å². The Labute approximate surface area is 111 Å². The number of carbonyl (C=O) groups excluding carboxylic acids is 1. The fourth-order valence-corrected chi connectivity index (χ4v) is 4.24. The van der Waals surface area contributed by atoms with Crippen LogP contribution in [0.3, 0.4) is 0 Å². The fraction of sp³-hybridized carbons (Fsp3) is 0.643. The molecule has 1 amide bonds. The Kier molecular flexibility index (Phi) is 3.39. The van der Waals surface area contributed by atoms with E-state index in [-0.39, 0.29) is 18.6 Å². The molecule has 0 saturated carbocycles. The fourth-order valence-electron chi connectivity index (χ4n) is 3.12. The lowest BCUT2D eigenvalue weighted by Crippen LogP contribution is -2.37. The smallest absolute Gasteiger partial charge is 0.255 e. The van der Waals surface area contributed by atoms with Gasteiger partial charge in [-0.3, -0.25) is 4.79 Å². The zero-order valence-corrected chi connectivity index (χ0v) is 11.3. The van der Waals surface area contributed by atoms with Gasteiger partial charge in [-0.2, -0.15) is 0 Å². The number of hydrogen-bond donors (Lipinski definition) is 1. The van der Waals surface area contributed by atoms with E-state index < -0.39 is 0 Å². The molecular weight excluding hydrogens is 246 g/mol. The van der Waals surface area contributed by atoms with E-state index in [1.807, 2.05) is 10.3 Å². The van der Waals surface area contributed by atoms with E-state index in [0.29, 0.717) is 0 Å². The minimum Gasteiger partial charge on any atom is -0.394 e. The first kappa shape index (κ1) is 12.2. The number of fused-ring (bicyclic) bond motifs is 1. The number of aliphatic hydroxyl groups is 1. The number of thiophene rings is 1. The highest BCUT2D eigenvalue weighted by molar-refractivity contribution is 7.10. The molecule has 3 nitrogen and oxygen atoms in total. The van der Waals surface area contributed by atoms with E-state index in [2.05, 4.69) is 0 Å². The van der Waals surface area contributed by atoms with Crippen molar-refractivity contribution < 1.29 is 9.90 Å². The maximum absolute atomic E-state index is 12.6. The number of carbonyl (C=O) groups is 1. The molecule has 0 aromatic carbocycles. The van der Waals surface area contributed by atoms with Crippen molar-refractivity contribution in [3.63, 3.8) is 0 Å². The molecule has 1 atom stereocenters. The molecular formula is C14H19NO2S. The molecule has 1 N–H and O–H groups in total. The molecule has 2 aliphatic rings. The van der Waals surface area contributed by atoms with Gasteiger partial charge in [0.05, 0.1) is 18.2 Å². The second-order valence-corrected chi connectivity index (χ2v) is 6.20. The third-order valence-corrected chi connectivity index (χ3v) is 5.23. The second kappa shape index (κ2) is 5.02. The quantitative estimate of drug-likeness (QED) is 0.890. The third kappa shape index (κ3) is 1.97. The first-order valence-electron chi connectivity index (χ1n) is 6.82. The van der Waals surface area contributed by atoms with Gasteiger partial charge in [-0.25, -0.2) is 0 Å². The maximum atomic E-state index is 12.6. The van der Waals surface area contributed by atoms with Crippen LogP contribution in [0.5, 0.6) is 0 Å². The Morgan fingerprint density at radius 3 is 3.06 bits per heavy atom. The molecule has 2 heterocycles. The van der Waals surface area contributed by atoms with Gasteiger partial charge in [0, 0.05) is 16.8 Å². The molecule has 1 unspecified atom stereocenters. The van der Waals surface area contributed by atoms with Gasteiger partial charge in [0.2, 0.25) is 0 Å². The summed E-state index contributed by atoms with van der Waals surface area (Å²) in [5.74, 6) is 0.144. The molecule has 98 valence electrons. The number of aryl methyl sites for hydroxylation is 1. The van der Waals surface area contributed by atoms with Crippen LogP contribution in [0.2, 0.25) is 0 Å². The summed E-state index contributed by atoms with van der Waals surface area (Å²) in [5.41, 5.74) is 2.20. The Hall–Kier alpha value is -0.870. The molecule has 1 fully saturated rings. The van der Waals surface area contributed by atoms with Crippen LogP contribution in [0.1, 0.15) is 46.5 Å². The van der Waals surface area contributed by atoms with E-state index in [1.165, 1.54) is 23.3 Å². The molecule has 0 spiro atoms. The van der Waals surface area contributed by atoms with Crippen molar-refractivity contribution in [1.82, 2.24) is 4.90 Å². The van der Waals surface area contributed by atoms with E-state index in [4.69, 9.17) is 0 Å². The average Bonchev–Trinajstić information content (AvgIpc) is 3.04. The molecule has 1 aromatic rings. The first-order chi connectivity index (χ1) is 8.81. The van der Waals surface area contributed by atoms with E-state index >= 15 is 0 Å². The van der Waals surface area contributed by atoms with Crippen LogP contribution in [0, 0.1) is 0 Å². The summed E-state index contributed by atoms with van der Waals surface area (Å²) in [5, 5.41) is 11.4. The highest BCUT2D eigenvalue weighted by Gasteiger charge is 2.31. The standard InChI is InChI=1S/C14H19NO2S/c16-8-10-4-3-7-15(10)14(17)12-9-18-13-6-2-1-5-11(12)13/h9-10,16H,1-8H2. The normalized spacial score (nSPS) is 23.2. The van der Waals surface area contributed by atoms with Crippen LogP contribution in [-0.2, 0) is 12.8 Å². The van der Waals surface area contributed by atoms with E-state index in [9.17, 15) is 9.90 Å². The van der Waals surface area contributed by atoms with Crippen LogP contribution in [0.15, 0.2) is 5.38 Å². The molecule has 0 radical (unpaired) electrons. The largest absolute Gasteiger partial charge is 0.394 e. The summed E-state index contributed by atoms with van der Waals surface area (Å²) in [4.78, 5) is 15.8. The highest BCUT2D eigenvalue weighted by atomic mass is 32.1. The van der Waals surface area contributed by atoms with Gasteiger partial charge in [0.25, 0.3) is 5.91 Å². The topological polar surface area (TPSA) is 40.5 Å².